The minimum Gasteiger partial charge on any atom is -0.494 e. The van der Waals surface area contributed by atoms with E-state index in [1.54, 1.807) is 36.3 Å². The second kappa shape index (κ2) is 9.55. The van der Waals surface area contributed by atoms with Crippen LogP contribution < -0.4 is 20.5 Å². The first-order valence-corrected chi connectivity index (χ1v) is 11.8. The number of rotatable bonds is 6. The van der Waals surface area contributed by atoms with Gasteiger partial charge < -0.3 is 30.0 Å². The van der Waals surface area contributed by atoms with Gasteiger partial charge in [-0.2, -0.15) is 0 Å². The molecule has 194 valence electrons. The average molecular weight is 533 g/mol. The lowest BCUT2D eigenvalue weighted by atomic mass is 9.95. The summed E-state index contributed by atoms with van der Waals surface area (Å²) in [6.07, 6.45) is -0.446. The highest BCUT2D eigenvalue weighted by molar-refractivity contribution is 6.29. The molecule has 2 aromatic carbocycles. The number of amidine groups is 1. The van der Waals surface area contributed by atoms with Gasteiger partial charge in [0.25, 0.3) is 0 Å². The average Bonchev–Trinajstić information content (AvgIpc) is 3.49. The smallest absolute Gasteiger partial charge is 0.494 e. The van der Waals surface area contributed by atoms with Crippen LogP contribution in [0.4, 0.5) is 18.9 Å². The van der Waals surface area contributed by atoms with Gasteiger partial charge in [0.05, 0.1) is 12.8 Å². The van der Waals surface area contributed by atoms with Crippen molar-refractivity contribution in [2.75, 3.05) is 19.5 Å². The second-order valence-electron chi connectivity index (χ2n) is 8.71. The van der Waals surface area contributed by atoms with Crippen LogP contribution in [0.15, 0.2) is 71.3 Å². The Labute approximate surface area is 216 Å². The number of anilines is 1. The van der Waals surface area contributed by atoms with Crippen molar-refractivity contribution >= 4 is 23.1 Å². The maximum absolute atomic E-state index is 12.6. The summed E-state index contributed by atoms with van der Waals surface area (Å²) >= 11 is 5.96. The third-order valence-corrected chi connectivity index (χ3v) is 6.66. The van der Waals surface area contributed by atoms with E-state index < -0.39 is 12.7 Å². The quantitative estimate of drug-likeness (QED) is 0.450. The van der Waals surface area contributed by atoms with E-state index in [9.17, 15) is 13.2 Å². The number of methoxy groups -OCH3 is 1. The van der Waals surface area contributed by atoms with Gasteiger partial charge in [-0.3, -0.25) is 0 Å². The molecule has 2 heterocycles. The molecule has 5 rings (SSSR count). The predicted molar refractivity (Wildman–Crippen MR) is 134 cm³/mol. The Balaban J connectivity index is 1.37. The summed E-state index contributed by atoms with van der Waals surface area (Å²) in [4.78, 5) is 10.7. The lowest BCUT2D eigenvalue weighted by molar-refractivity contribution is -0.274. The van der Waals surface area contributed by atoms with Crippen molar-refractivity contribution in [1.82, 2.24) is 14.5 Å². The zero-order valence-electron chi connectivity index (χ0n) is 20.0. The minimum atomic E-state index is -4.73. The monoisotopic (exact) mass is 532 g/mol. The van der Waals surface area contributed by atoms with Gasteiger partial charge in [-0.25, -0.2) is 9.98 Å². The number of nitrogens with zero attached hydrogens (tertiary/aromatic N) is 4. The number of allylic oxidation sites excluding steroid dienone is 1. The Kier molecular flexibility index (Phi) is 6.40. The molecule has 0 amide bonds. The van der Waals surface area contributed by atoms with Gasteiger partial charge in [0.1, 0.15) is 28.8 Å². The molecular weight excluding hydrogens is 509 g/mol. The number of imidazole rings is 1. The van der Waals surface area contributed by atoms with E-state index >= 15 is 0 Å². The van der Waals surface area contributed by atoms with Gasteiger partial charge in [-0.05, 0) is 42.7 Å². The molecule has 8 nitrogen and oxygen atoms in total. The number of ether oxygens (including phenoxy) is 2. The lowest BCUT2D eigenvalue weighted by Crippen LogP contribution is -2.43. The maximum Gasteiger partial charge on any atom is 0.573 e. The molecule has 0 spiro atoms. The molecule has 2 atom stereocenters. The lowest BCUT2D eigenvalue weighted by Gasteiger charge is -2.36. The van der Waals surface area contributed by atoms with E-state index in [0.717, 1.165) is 41.1 Å². The number of nitrogens with one attached hydrogen (secondary N) is 1. The van der Waals surface area contributed by atoms with Crippen LogP contribution in [-0.2, 0) is 0 Å². The van der Waals surface area contributed by atoms with E-state index in [1.807, 2.05) is 30.1 Å². The summed E-state index contributed by atoms with van der Waals surface area (Å²) in [5.41, 5.74) is 10.7. The van der Waals surface area contributed by atoms with Gasteiger partial charge >= 0.3 is 6.36 Å². The van der Waals surface area contributed by atoms with Crippen LogP contribution in [0.5, 0.6) is 11.5 Å². The molecule has 1 unspecified atom stereocenters. The summed E-state index contributed by atoms with van der Waals surface area (Å²) in [6.45, 7) is 0. The highest BCUT2D eigenvalue weighted by Gasteiger charge is 2.37. The maximum atomic E-state index is 12.6. The number of benzene rings is 2. The number of aromatic nitrogens is 2. The highest BCUT2D eigenvalue weighted by atomic mass is 35.5. The van der Waals surface area contributed by atoms with Crippen molar-refractivity contribution in [3.63, 3.8) is 0 Å². The first kappa shape index (κ1) is 24.8. The van der Waals surface area contributed by atoms with Crippen molar-refractivity contribution in [2.24, 2.45) is 10.7 Å². The molecule has 0 saturated heterocycles. The number of likely N-dealkylation sites (N-methyl/N-ethyl adjacent to an activating group) is 1. The zero-order chi connectivity index (χ0) is 26.3. The molecule has 1 aliphatic carbocycles. The first-order valence-electron chi connectivity index (χ1n) is 11.4. The minimum absolute atomic E-state index is 0.0406. The standard InChI is InChI=1S/C25H24ClF3N6O2/c1-34-22-17(14-3-6-16(7-4-14)37-25(27,28)29)8-9-18(22)23(30)33-24(34)32-15-5-10-19(20(11-15)36-2)35-12-21(26)31-13-35/h3-7,10-13,17,24,32H,8-9H2,1-2H3,(H2,30,33)/t17?,24-/m1/s1. The summed E-state index contributed by atoms with van der Waals surface area (Å²) < 4.78 is 49.0. The first-order chi connectivity index (χ1) is 17.6. The Morgan fingerprint density at radius 1 is 1.16 bits per heavy atom. The molecule has 3 aromatic rings. The predicted octanol–water partition coefficient (Wildman–Crippen LogP) is 5.26. The molecule has 2 aliphatic rings. The fourth-order valence-corrected chi connectivity index (χ4v) is 4.97. The third-order valence-electron chi connectivity index (χ3n) is 6.46. The second-order valence-corrected chi connectivity index (χ2v) is 9.09. The van der Waals surface area contributed by atoms with Crippen LogP contribution in [0.1, 0.15) is 24.3 Å². The van der Waals surface area contributed by atoms with Crippen molar-refractivity contribution in [3.05, 3.63) is 77.0 Å². The molecule has 0 radical (unpaired) electrons. The van der Waals surface area contributed by atoms with E-state index in [1.165, 1.54) is 12.1 Å². The van der Waals surface area contributed by atoms with Crippen LogP contribution >= 0.6 is 11.6 Å². The van der Waals surface area contributed by atoms with Crippen molar-refractivity contribution in [2.45, 2.75) is 31.4 Å². The van der Waals surface area contributed by atoms with Crippen molar-refractivity contribution in [3.8, 4) is 17.2 Å². The normalized spacial score (nSPS) is 19.5. The summed E-state index contributed by atoms with van der Waals surface area (Å²) in [5, 5.41) is 3.76. The van der Waals surface area contributed by atoms with E-state index in [-0.39, 0.29) is 11.7 Å². The highest BCUT2D eigenvalue weighted by Crippen LogP contribution is 2.44. The van der Waals surface area contributed by atoms with Crippen LogP contribution in [0.2, 0.25) is 5.15 Å². The topological polar surface area (TPSA) is 89.9 Å². The summed E-state index contributed by atoms with van der Waals surface area (Å²) in [5.74, 6) is 0.758. The van der Waals surface area contributed by atoms with Crippen molar-refractivity contribution in [1.29, 1.82) is 0 Å². The molecule has 3 N–H and O–H groups in total. The van der Waals surface area contributed by atoms with Crippen LogP contribution in [0.3, 0.4) is 0 Å². The molecule has 1 aliphatic heterocycles. The number of alkyl halides is 3. The zero-order valence-corrected chi connectivity index (χ0v) is 20.7. The summed E-state index contributed by atoms with van der Waals surface area (Å²) in [7, 11) is 3.50. The Morgan fingerprint density at radius 2 is 1.92 bits per heavy atom. The molecule has 0 fully saturated rings. The van der Waals surface area contributed by atoms with Crippen LogP contribution in [0.25, 0.3) is 5.69 Å². The molecule has 1 aromatic heterocycles. The SMILES string of the molecule is COc1cc(N[C@@H]2N=C(N)C3=C(C(c4ccc(OC(F)(F)F)cc4)CC3)N2C)ccc1-n1cnc(Cl)c1. The number of nitrogens with two attached hydrogens (primary N) is 1. The van der Waals surface area contributed by atoms with Crippen LogP contribution in [-0.4, -0.2) is 47.1 Å². The number of halogens is 4. The largest absolute Gasteiger partial charge is 0.573 e. The molecule has 0 bridgehead atoms. The van der Waals surface area contributed by atoms with E-state index in [4.69, 9.17) is 22.1 Å². The van der Waals surface area contributed by atoms with Gasteiger partial charge in [-0.1, -0.05) is 23.7 Å². The molecule has 12 heteroatoms. The third kappa shape index (κ3) is 5.04. The Morgan fingerprint density at radius 3 is 2.57 bits per heavy atom. The van der Waals surface area contributed by atoms with E-state index in [2.05, 4.69) is 20.0 Å². The fraction of sp³-hybridized carbons (Fsp3) is 0.280. The van der Waals surface area contributed by atoms with Gasteiger partial charge in [0.2, 0.25) is 0 Å². The van der Waals surface area contributed by atoms with Crippen molar-refractivity contribution < 1.29 is 22.6 Å². The summed E-state index contributed by atoms with van der Waals surface area (Å²) in [6, 6.07) is 11.6. The molecular formula is C25H24ClF3N6O2. The Hall–Kier alpha value is -3.86. The number of hydrogen-bond donors (Lipinski definition) is 2. The molecule has 0 saturated carbocycles. The van der Waals surface area contributed by atoms with Crippen LogP contribution in [0, 0.1) is 0 Å². The number of hydrogen-bond acceptors (Lipinski definition) is 7. The number of aliphatic imine (C=N–C) groups is 1. The van der Waals surface area contributed by atoms with Gasteiger partial charge in [0.15, 0.2) is 6.29 Å². The molecule has 37 heavy (non-hydrogen) atoms. The van der Waals surface area contributed by atoms with E-state index in [0.29, 0.717) is 16.7 Å². The van der Waals surface area contributed by atoms with Gasteiger partial charge in [0, 0.05) is 42.2 Å². The Bertz CT molecular complexity index is 1370. The van der Waals surface area contributed by atoms with Gasteiger partial charge in [-0.15, -0.1) is 13.2 Å². The fourth-order valence-electron chi connectivity index (χ4n) is 4.83.